The van der Waals surface area contributed by atoms with E-state index in [9.17, 15) is 4.79 Å². The van der Waals surface area contributed by atoms with Gasteiger partial charge < -0.3 is 4.90 Å². The van der Waals surface area contributed by atoms with E-state index in [0.717, 1.165) is 17.7 Å². The zero-order valence-corrected chi connectivity index (χ0v) is 17.8. The molecular formula is C21H26N2OS2. The van der Waals surface area contributed by atoms with Crippen LogP contribution in [0.15, 0.2) is 41.0 Å². The summed E-state index contributed by atoms with van der Waals surface area (Å²) in [7, 11) is 2.09. The lowest BCUT2D eigenvalue weighted by molar-refractivity contribution is -0.122. The number of allylic oxidation sites excluding steroid dienone is 3. The molecule has 0 N–H and O–H groups in total. The quantitative estimate of drug-likeness (QED) is 0.527. The fraction of sp³-hybridized carbons (Fsp3) is 0.429. The minimum absolute atomic E-state index is 0.0390. The number of thioether (sulfide) groups is 1. The summed E-state index contributed by atoms with van der Waals surface area (Å²) in [6.07, 6.45) is 6.06. The van der Waals surface area contributed by atoms with E-state index in [2.05, 4.69) is 63.9 Å². The maximum Gasteiger partial charge on any atom is 0.266 e. The summed E-state index contributed by atoms with van der Waals surface area (Å²) in [6.45, 7) is 9.43. The van der Waals surface area contributed by atoms with Gasteiger partial charge in [0.15, 0.2) is 0 Å². The van der Waals surface area contributed by atoms with Crippen molar-refractivity contribution in [1.29, 1.82) is 0 Å². The first-order chi connectivity index (χ1) is 12.3. The Labute approximate surface area is 166 Å². The first-order valence-corrected chi connectivity index (χ1v) is 10.3. The Kier molecular flexibility index (Phi) is 5.31. The molecule has 1 saturated heterocycles. The third-order valence-electron chi connectivity index (χ3n) is 5.19. The molecule has 0 bridgehead atoms. The molecule has 138 valence electrons. The van der Waals surface area contributed by atoms with Gasteiger partial charge in [0.2, 0.25) is 0 Å². The molecule has 3 nitrogen and oxygen atoms in total. The summed E-state index contributed by atoms with van der Waals surface area (Å²) < 4.78 is 0.672. The highest BCUT2D eigenvalue weighted by Gasteiger charge is 2.38. The molecule has 3 rings (SSSR count). The fourth-order valence-electron chi connectivity index (χ4n) is 3.63. The molecule has 2 aliphatic heterocycles. The SMILES string of the molecule is CCCCN1C(=O)C(=CC=C2N(C)c3ccc(C)cc3C2(C)C)SC1=S. The highest BCUT2D eigenvalue weighted by molar-refractivity contribution is 8.26. The molecule has 1 amide bonds. The lowest BCUT2D eigenvalue weighted by Crippen LogP contribution is -2.28. The lowest BCUT2D eigenvalue weighted by Gasteiger charge is -2.23. The van der Waals surface area contributed by atoms with Gasteiger partial charge >= 0.3 is 0 Å². The predicted molar refractivity (Wildman–Crippen MR) is 116 cm³/mol. The molecule has 0 unspecified atom stereocenters. The Morgan fingerprint density at radius 3 is 2.69 bits per heavy atom. The van der Waals surface area contributed by atoms with Crippen LogP contribution in [-0.4, -0.2) is 28.7 Å². The van der Waals surface area contributed by atoms with E-state index in [1.807, 2.05) is 6.08 Å². The summed E-state index contributed by atoms with van der Waals surface area (Å²) in [6, 6.07) is 6.58. The van der Waals surface area contributed by atoms with Crippen LogP contribution in [0.4, 0.5) is 5.69 Å². The second-order valence-corrected chi connectivity index (χ2v) is 9.14. The largest absolute Gasteiger partial charge is 0.347 e. The number of anilines is 1. The van der Waals surface area contributed by atoms with Gasteiger partial charge in [-0.1, -0.05) is 68.9 Å². The van der Waals surface area contributed by atoms with E-state index in [-0.39, 0.29) is 11.3 Å². The summed E-state index contributed by atoms with van der Waals surface area (Å²) in [5.41, 5.74) is 4.92. The van der Waals surface area contributed by atoms with Crippen molar-refractivity contribution in [3.63, 3.8) is 0 Å². The van der Waals surface area contributed by atoms with Crippen LogP contribution < -0.4 is 4.90 Å². The standard InChI is InChI=1S/C21H26N2OS2/c1-6-7-12-23-19(24)17(26-20(23)25)10-11-18-21(3,4)15-13-14(2)8-9-16(15)22(18)5/h8-11,13H,6-7,12H2,1-5H3. The van der Waals surface area contributed by atoms with Crippen molar-refractivity contribution in [2.24, 2.45) is 0 Å². The van der Waals surface area contributed by atoms with Crippen LogP contribution in [0.2, 0.25) is 0 Å². The average molecular weight is 387 g/mol. The van der Waals surface area contributed by atoms with Gasteiger partial charge in [0.25, 0.3) is 5.91 Å². The summed E-state index contributed by atoms with van der Waals surface area (Å²) in [4.78, 5) is 17.3. The molecule has 1 aromatic carbocycles. The molecule has 1 fully saturated rings. The average Bonchev–Trinajstić information content (AvgIpc) is 2.95. The maximum absolute atomic E-state index is 12.6. The normalized spacial score (nSPS) is 22.0. The Bertz CT molecular complexity index is 823. The van der Waals surface area contributed by atoms with Gasteiger partial charge in [-0.15, -0.1) is 0 Å². The number of hydrogen-bond acceptors (Lipinski definition) is 4. The molecule has 0 radical (unpaired) electrons. The highest BCUT2D eigenvalue weighted by Crippen LogP contribution is 2.47. The monoisotopic (exact) mass is 386 g/mol. The zero-order valence-electron chi connectivity index (χ0n) is 16.1. The number of hydrogen-bond donors (Lipinski definition) is 0. The molecule has 0 aromatic heterocycles. The first kappa shape index (κ1) is 19.2. The Morgan fingerprint density at radius 1 is 1.27 bits per heavy atom. The van der Waals surface area contributed by atoms with Gasteiger partial charge in [-0.05, 0) is 37.1 Å². The second-order valence-electron chi connectivity index (χ2n) is 7.47. The molecule has 5 heteroatoms. The van der Waals surface area contributed by atoms with Gasteiger partial charge in [-0.2, -0.15) is 0 Å². The molecule has 0 saturated carbocycles. The van der Waals surface area contributed by atoms with Crippen LogP contribution in [0.25, 0.3) is 0 Å². The molecule has 2 heterocycles. The van der Waals surface area contributed by atoms with Gasteiger partial charge in [-0.25, -0.2) is 0 Å². The van der Waals surface area contributed by atoms with E-state index in [1.54, 1.807) is 4.90 Å². The van der Waals surface area contributed by atoms with Gasteiger partial charge in [0.05, 0.1) is 4.91 Å². The number of unbranched alkanes of at least 4 members (excludes halogenated alkanes) is 1. The number of carbonyl (C=O) groups excluding carboxylic acids is 1. The van der Waals surface area contributed by atoms with Gasteiger partial charge in [0.1, 0.15) is 4.32 Å². The van der Waals surface area contributed by atoms with Crippen LogP contribution in [0, 0.1) is 6.92 Å². The number of fused-ring (bicyclic) bond motifs is 1. The lowest BCUT2D eigenvalue weighted by atomic mass is 9.83. The highest BCUT2D eigenvalue weighted by atomic mass is 32.2. The van der Waals surface area contributed by atoms with E-state index in [0.29, 0.717) is 10.9 Å². The van der Waals surface area contributed by atoms with E-state index in [1.165, 1.54) is 34.3 Å². The van der Waals surface area contributed by atoms with Gasteiger partial charge in [-0.3, -0.25) is 9.69 Å². The number of amides is 1. The smallest absolute Gasteiger partial charge is 0.266 e. The van der Waals surface area contributed by atoms with Crippen LogP contribution >= 0.6 is 24.0 Å². The van der Waals surface area contributed by atoms with Crippen LogP contribution in [0.3, 0.4) is 0 Å². The van der Waals surface area contributed by atoms with E-state index >= 15 is 0 Å². The van der Waals surface area contributed by atoms with Crippen LogP contribution in [0.1, 0.15) is 44.7 Å². The van der Waals surface area contributed by atoms with Crippen molar-refractivity contribution in [3.05, 3.63) is 52.1 Å². The number of benzene rings is 1. The third kappa shape index (κ3) is 3.23. The minimum Gasteiger partial charge on any atom is -0.347 e. The number of likely N-dealkylation sites (N-methyl/N-ethyl adjacent to an activating group) is 1. The fourth-order valence-corrected chi connectivity index (χ4v) is 4.88. The molecule has 2 aliphatic rings. The topological polar surface area (TPSA) is 23.6 Å². The van der Waals surface area contributed by atoms with Crippen LogP contribution in [-0.2, 0) is 10.2 Å². The Balaban J connectivity index is 1.90. The van der Waals surface area contributed by atoms with Crippen molar-refractivity contribution in [2.45, 2.75) is 46.0 Å². The third-order valence-corrected chi connectivity index (χ3v) is 6.59. The number of aryl methyl sites for hydroxylation is 1. The minimum atomic E-state index is -0.0953. The van der Waals surface area contributed by atoms with Crippen molar-refractivity contribution in [3.8, 4) is 0 Å². The Morgan fingerprint density at radius 2 is 2.00 bits per heavy atom. The molecule has 0 spiro atoms. The van der Waals surface area contributed by atoms with E-state index < -0.39 is 0 Å². The molecule has 1 aromatic rings. The maximum atomic E-state index is 12.6. The molecule has 0 aliphatic carbocycles. The summed E-state index contributed by atoms with van der Waals surface area (Å²) in [5.74, 6) is 0.0390. The Hall–Kier alpha value is -1.59. The second kappa shape index (κ2) is 7.20. The first-order valence-electron chi connectivity index (χ1n) is 9.08. The van der Waals surface area contributed by atoms with Crippen LogP contribution in [0.5, 0.6) is 0 Å². The number of rotatable bonds is 4. The summed E-state index contributed by atoms with van der Waals surface area (Å²) >= 11 is 6.80. The van der Waals surface area contributed by atoms with E-state index in [4.69, 9.17) is 12.2 Å². The van der Waals surface area contributed by atoms with Crippen molar-refractivity contribution in [2.75, 3.05) is 18.5 Å². The van der Waals surface area contributed by atoms with Crippen molar-refractivity contribution in [1.82, 2.24) is 4.90 Å². The molecular weight excluding hydrogens is 360 g/mol. The summed E-state index contributed by atoms with van der Waals surface area (Å²) in [5, 5.41) is 0. The number of carbonyl (C=O) groups is 1. The number of thiocarbonyl (C=S) groups is 1. The molecule has 26 heavy (non-hydrogen) atoms. The molecule has 0 atom stereocenters. The van der Waals surface area contributed by atoms with Crippen molar-refractivity contribution >= 4 is 39.9 Å². The zero-order chi connectivity index (χ0) is 19.1. The number of nitrogens with zero attached hydrogens (tertiary/aromatic N) is 2. The van der Waals surface area contributed by atoms with Crippen molar-refractivity contribution < 1.29 is 4.79 Å². The predicted octanol–water partition coefficient (Wildman–Crippen LogP) is 5.15. The van der Waals surface area contributed by atoms with Gasteiger partial charge in [0, 0.05) is 30.4 Å².